The van der Waals surface area contributed by atoms with Gasteiger partial charge in [0.2, 0.25) is 4.80 Å². The number of nitrogens with zero attached hydrogens (tertiary/aromatic N) is 4. The van der Waals surface area contributed by atoms with Gasteiger partial charge in [-0.3, -0.25) is 10.1 Å². The number of thiazole rings is 1. The molecule has 4 rings (SSSR count). The van der Waals surface area contributed by atoms with E-state index in [0.29, 0.717) is 16.1 Å². The average molecular weight is 436 g/mol. The Bertz CT molecular complexity index is 1350. The lowest BCUT2D eigenvalue weighted by Crippen LogP contribution is -2.12. The summed E-state index contributed by atoms with van der Waals surface area (Å²) >= 11 is 1.31. The van der Waals surface area contributed by atoms with Gasteiger partial charge in [-0.2, -0.15) is 5.10 Å². The van der Waals surface area contributed by atoms with Gasteiger partial charge in [-0.25, -0.2) is 14.1 Å². The molecule has 2 aromatic heterocycles. The zero-order chi connectivity index (χ0) is 22.0. The highest BCUT2D eigenvalue weighted by Crippen LogP contribution is 2.26. The zero-order valence-electron chi connectivity index (χ0n) is 16.7. The lowest BCUT2D eigenvalue weighted by atomic mass is 10.1. The molecule has 2 heterocycles. The Morgan fingerprint density at radius 1 is 1.10 bits per heavy atom. The van der Waals surface area contributed by atoms with Crippen LogP contribution in [0.5, 0.6) is 0 Å². The van der Waals surface area contributed by atoms with Crippen LogP contribution in [-0.2, 0) is 0 Å². The summed E-state index contributed by atoms with van der Waals surface area (Å²) in [5.41, 5.74) is 3.67. The van der Waals surface area contributed by atoms with Crippen LogP contribution in [0.4, 0.5) is 16.0 Å². The van der Waals surface area contributed by atoms with Crippen molar-refractivity contribution in [2.24, 2.45) is 10.1 Å². The predicted octanol–water partition coefficient (Wildman–Crippen LogP) is 5.59. The number of hydrogen-bond donors (Lipinski definition) is 0. The topological polar surface area (TPSA) is 85.9 Å². The standard InChI is InChI=1S/C22H17FN4O3S/c1-14-6-5-7-15(2)21(14)25-22-26(24-12-16-10-11-20(30-16)27(28)29)19(13-31-22)17-8-3-4-9-18(17)23/h3-13H,1-2H3. The average Bonchev–Trinajstić information content (AvgIpc) is 3.37. The van der Waals surface area contributed by atoms with Crippen LogP contribution in [0.1, 0.15) is 16.9 Å². The van der Waals surface area contributed by atoms with Gasteiger partial charge in [-0.15, -0.1) is 11.3 Å². The van der Waals surface area contributed by atoms with Crippen LogP contribution in [0.3, 0.4) is 0 Å². The fourth-order valence-electron chi connectivity index (χ4n) is 3.05. The molecule has 0 saturated carbocycles. The van der Waals surface area contributed by atoms with Gasteiger partial charge < -0.3 is 4.42 Å². The summed E-state index contributed by atoms with van der Waals surface area (Å²) in [6, 6.07) is 15.0. The normalized spacial score (nSPS) is 12.0. The van der Waals surface area contributed by atoms with E-state index in [1.54, 1.807) is 23.6 Å². The first-order valence-corrected chi connectivity index (χ1v) is 10.2. The number of nitro groups is 1. The maximum absolute atomic E-state index is 14.5. The summed E-state index contributed by atoms with van der Waals surface area (Å²) in [7, 11) is 0. The van der Waals surface area contributed by atoms with Crippen LogP contribution in [0.15, 0.2) is 74.5 Å². The number of aryl methyl sites for hydroxylation is 2. The van der Waals surface area contributed by atoms with Crippen molar-refractivity contribution in [3.8, 4) is 11.3 Å². The third kappa shape index (κ3) is 4.22. The highest BCUT2D eigenvalue weighted by molar-refractivity contribution is 7.07. The van der Waals surface area contributed by atoms with E-state index >= 15 is 0 Å². The third-order valence-corrected chi connectivity index (χ3v) is 5.39. The van der Waals surface area contributed by atoms with E-state index < -0.39 is 10.7 Å². The first-order chi connectivity index (χ1) is 14.9. The molecule has 0 amide bonds. The van der Waals surface area contributed by atoms with Crippen molar-refractivity contribution in [1.82, 2.24) is 4.68 Å². The summed E-state index contributed by atoms with van der Waals surface area (Å²) < 4.78 is 21.1. The Hall–Kier alpha value is -3.85. The van der Waals surface area contributed by atoms with E-state index in [-0.39, 0.29) is 11.6 Å². The van der Waals surface area contributed by atoms with Gasteiger partial charge in [0.25, 0.3) is 0 Å². The number of furan rings is 1. The van der Waals surface area contributed by atoms with E-state index in [0.717, 1.165) is 16.8 Å². The van der Waals surface area contributed by atoms with Crippen molar-refractivity contribution < 1.29 is 13.7 Å². The van der Waals surface area contributed by atoms with Gasteiger partial charge in [0.15, 0.2) is 5.76 Å². The number of aromatic nitrogens is 1. The first kappa shape index (κ1) is 20.4. The Balaban J connectivity index is 1.88. The Kier molecular flexibility index (Phi) is 5.59. The van der Waals surface area contributed by atoms with Gasteiger partial charge in [0.05, 0.1) is 23.7 Å². The number of para-hydroxylation sites is 1. The van der Waals surface area contributed by atoms with Crippen molar-refractivity contribution >= 4 is 29.1 Å². The fourth-order valence-corrected chi connectivity index (χ4v) is 3.88. The molecule has 0 saturated heterocycles. The molecule has 0 bridgehead atoms. The fraction of sp³-hybridized carbons (Fsp3) is 0.0909. The van der Waals surface area contributed by atoms with E-state index in [1.165, 1.54) is 40.4 Å². The van der Waals surface area contributed by atoms with Crippen LogP contribution < -0.4 is 4.80 Å². The lowest BCUT2D eigenvalue weighted by Gasteiger charge is -2.06. The van der Waals surface area contributed by atoms with Crippen LogP contribution >= 0.6 is 11.3 Å². The Morgan fingerprint density at radius 2 is 1.84 bits per heavy atom. The number of benzene rings is 2. The van der Waals surface area contributed by atoms with E-state index in [2.05, 4.69) is 5.10 Å². The lowest BCUT2D eigenvalue weighted by molar-refractivity contribution is -0.402. The molecular formula is C22H17FN4O3S. The molecule has 0 aliphatic rings. The largest absolute Gasteiger partial charge is 0.433 e. The van der Waals surface area contributed by atoms with Crippen LogP contribution in [0.2, 0.25) is 0 Å². The van der Waals surface area contributed by atoms with Crippen LogP contribution in [0.25, 0.3) is 11.3 Å². The SMILES string of the molecule is Cc1cccc(C)c1N=c1scc(-c2ccccc2F)n1N=Cc1ccc([N+](=O)[O-])o1. The number of halogens is 1. The highest BCUT2D eigenvalue weighted by atomic mass is 32.1. The molecule has 0 radical (unpaired) electrons. The zero-order valence-corrected chi connectivity index (χ0v) is 17.5. The van der Waals surface area contributed by atoms with Crippen molar-refractivity contribution in [3.63, 3.8) is 0 Å². The molecule has 2 aromatic carbocycles. The predicted molar refractivity (Wildman–Crippen MR) is 117 cm³/mol. The third-order valence-electron chi connectivity index (χ3n) is 4.58. The molecule has 4 aromatic rings. The summed E-state index contributed by atoms with van der Waals surface area (Å²) in [6.07, 6.45) is 1.34. The van der Waals surface area contributed by atoms with Gasteiger partial charge in [-0.1, -0.05) is 30.3 Å². The Morgan fingerprint density at radius 3 is 2.52 bits per heavy atom. The van der Waals surface area contributed by atoms with Crippen LogP contribution in [0, 0.1) is 29.8 Å². The minimum absolute atomic E-state index is 0.197. The molecule has 0 atom stereocenters. The second-order valence-electron chi connectivity index (χ2n) is 6.73. The number of hydrogen-bond acceptors (Lipinski definition) is 6. The molecule has 156 valence electrons. The highest BCUT2D eigenvalue weighted by Gasteiger charge is 2.14. The van der Waals surface area contributed by atoms with E-state index in [1.807, 2.05) is 32.0 Å². The summed E-state index contributed by atoms with van der Waals surface area (Å²) in [6.45, 7) is 3.93. The summed E-state index contributed by atoms with van der Waals surface area (Å²) in [5.74, 6) is -0.578. The monoisotopic (exact) mass is 436 g/mol. The molecule has 0 fully saturated rings. The van der Waals surface area contributed by atoms with E-state index in [4.69, 9.17) is 9.41 Å². The molecular weight excluding hydrogens is 419 g/mol. The van der Waals surface area contributed by atoms with Crippen molar-refractivity contribution in [2.75, 3.05) is 0 Å². The second-order valence-corrected chi connectivity index (χ2v) is 7.56. The molecule has 31 heavy (non-hydrogen) atoms. The van der Waals surface area contributed by atoms with Crippen LogP contribution in [-0.4, -0.2) is 15.8 Å². The molecule has 0 spiro atoms. The maximum atomic E-state index is 14.5. The molecule has 0 N–H and O–H groups in total. The molecule has 9 heteroatoms. The van der Waals surface area contributed by atoms with Crippen molar-refractivity contribution in [3.05, 3.63) is 97.6 Å². The first-order valence-electron chi connectivity index (χ1n) is 9.29. The van der Waals surface area contributed by atoms with Crippen molar-refractivity contribution in [2.45, 2.75) is 13.8 Å². The minimum atomic E-state index is -0.623. The summed E-state index contributed by atoms with van der Waals surface area (Å²) in [4.78, 5) is 15.5. The minimum Gasteiger partial charge on any atom is -0.400 e. The Labute approximate surface area is 180 Å². The second kappa shape index (κ2) is 8.49. The van der Waals surface area contributed by atoms with Gasteiger partial charge in [0, 0.05) is 10.9 Å². The summed E-state index contributed by atoms with van der Waals surface area (Å²) in [5, 5.41) is 17.0. The van der Waals surface area contributed by atoms with Gasteiger partial charge in [0.1, 0.15) is 10.7 Å². The number of rotatable bonds is 5. The maximum Gasteiger partial charge on any atom is 0.433 e. The van der Waals surface area contributed by atoms with Gasteiger partial charge in [-0.05, 0) is 43.2 Å². The van der Waals surface area contributed by atoms with E-state index in [9.17, 15) is 14.5 Å². The molecule has 0 unspecified atom stereocenters. The van der Waals surface area contributed by atoms with Crippen molar-refractivity contribution in [1.29, 1.82) is 0 Å². The molecule has 0 aliphatic carbocycles. The smallest absolute Gasteiger partial charge is 0.400 e. The molecule has 7 nitrogen and oxygen atoms in total. The quantitative estimate of drug-likeness (QED) is 0.232. The molecule has 0 aliphatic heterocycles. The van der Waals surface area contributed by atoms with Gasteiger partial charge >= 0.3 is 5.88 Å².